The Labute approximate surface area is 120 Å². The number of benzene rings is 1. The summed E-state index contributed by atoms with van der Waals surface area (Å²) in [5.74, 6) is 2.39. The van der Waals surface area contributed by atoms with Crippen molar-refractivity contribution in [3.8, 4) is 34.2 Å². The monoisotopic (exact) mass is 276 g/mol. The van der Waals surface area contributed by atoms with Crippen LogP contribution >= 0.6 is 0 Å². The molecule has 4 rings (SSSR count). The molecule has 6 heteroatoms. The standard InChI is InChI=1S/C15H12N6/c1-2-10(13-16-4-5-17-13)12(15-20-8-9-21-15)11(3-1)14-18-6-7-19-14/h1-9H,(H,16,17)(H,18,19)(H,20,21). The fourth-order valence-electron chi connectivity index (χ4n) is 2.43. The minimum atomic E-state index is 0.786. The Hall–Kier alpha value is -3.15. The molecule has 3 heterocycles. The zero-order valence-corrected chi connectivity index (χ0v) is 11.0. The van der Waals surface area contributed by atoms with E-state index >= 15 is 0 Å². The maximum Gasteiger partial charge on any atom is 0.138 e. The molecule has 0 saturated heterocycles. The van der Waals surface area contributed by atoms with Gasteiger partial charge >= 0.3 is 0 Å². The molecule has 102 valence electrons. The van der Waals surface area contributed by atoms with Gasteiger partial charge in [0, 0.05) is 53.9 Å². The number of imidazole rings is 3. The van der Waals surface area contributed by atoms with Crippen molar-refractivity contribution in [3.05, 3.63) is 55.4 Å². The Kier molecular flexibility index (Phi) is 2.64. The Balaban J connectivity index is 2.03. The summed E-state index contributed by atoms with van der Waals surface area (Å²) in [5, 5.41) is 0. The number of hydrogen-bond acceptors (Lipinski definition) is 3. The molecular formula is C15H12N6. The summed E-state index contributed by atoms with van der Waals surface area (Å²) in [6.45, 7) is 0. The van der Waals surface area contributed by atoms with E-state index in [0.29, 0.717) is 0 Å². The molecule has 6 nitrogen and oxygen atoms in total. The highest BCUT2D eigenvalue weighted by atomic mass is 14.9. The molecule has 1 aromatic carbocycles. The van der Waals surface area contributed by atoms with E-state index in [9.17, 15) is 0 Å². The molecule has 0 aliphatic rings. The number of nitrogens with one attached hydrogen (secondary N) is 3. The van der Waals surface area contributed by atoms with Crippen molar-refractivity contribution >= 4 is 0 Å². The summed E-state index contributed by atoms with van der Waals surface area (Å²) in [6.07, 6.45) is 10.6. The Morgan fingerprint density at radius 3 is 1.52 bits per heavy atom. The minimum Gasteiger partial charge on any atom is -0.345 e. The Morgan fingerprint density at radius 2 is 1.10 bits per heavy atom. The number of hydrogen-bond donors (Lipinski definition) is 3. The zero-order chi connectivity index (χ0) is 14.1. The van der Waals surface area contributed by atoms with Gasteiger partial charge in [0.15, 0.2) is 0 Å². The van der Waals surface area contributed by atoms with Gasteiger partial charge in [-0.05, 0) is 0 Å². The molecule has 0 spiro atoms. The van der Waals surface area contributed by atoms with E-state index < -0.39 is 0 Å². The molecule has 0 unspecified atom stereocenters. The van der Waals surface area contributed by atoms with Crippen LogP contribution in [0.3, 0.4) is 0 Å². The molecule has 3 aromatic heterocycles. The third kappa shape index (κ3) is 1.93. The van der Waals surface area contributed by atoms with Crippen LogP contribution in [0.25, 0.3) is 34.2 Å². The molecule has 3 N–H and O–H groups in total. The number of rotatable bonds is 3. The van der Waals surface area contributed by atoms with Gasteiger partial charge < -0.3 is 15.0 Å². The second kappa shape index (κ2) is 4.75. The first kappa shape index (κ1) is 11.7. The topological polar surface area (TPSA) is 86.0 Å². The first-order valence-electron chi connectivity index (χ1n) is 6.56. The largest absolute Gasteiger partial charge is 0.345 e. The molecule has 0 amide bonds. The van der Waals surface area contributed by atoms with Gasteiger partial charge in [-0.2, -0.15) is 0 Å². The number of aromatic amines is 3. The van der Waals surface area contributed by atoms with E-state index in [0.717, 1.165) is 34.2 Å². The number of nitrogens with zero attached hydrogens (tertiary/aromatic N) is 3. The van der Waals surface area contributed by atoms with Crippen molar-refractivity contribution < 1.29 is 0 Å². The second-order valence-electron chi connectivity index (χ2n) is 4.54. The van der Waals surface area contributed by atoms with Crippen LogP contribution in [0.2, 0.25) is 0 Å². The van der Waals surface area contributed by atoms with Crippen LogP contribution in [0, 0.1) is 0 Å². The van der Waals surface area contributed by atoms with E-state index in [4.69, 9.17) is 0 Å². The van der Waals surface area contributed by atoms with Crippen LogP contribution in [0.4, 0.5) is 0 Å². The maximum atomic E-state index is 4.39. The number of H-pyrrole nitrogens is 3. The molecular weight excluding hydrogens is 264 g/mol. The molecule has 0 aliphatic heterocycles. The quantitative estimate of drug-likeness (QED) is 0.537. The van der Waals surface area contributed by atoms with E-state index in [1.807, 2.05) is 18.2 Å². The summed E-state index contributed by atoms with van der Waals surface area (Å²) in [5.41, 5.74) is 2.92. The third-order valence-electron chi connectivity index (χ3n) is 3.31. The van der Waals surface area contributed by atoms with E-state index in [-0.39, 0.29) is 0 Å². The van der Waals surface area contributed by atoms with E-state index in [1.54, 1.807) is 37.2 Å². The summed E-state index contributed by atoms with van der Waals surface area (Å²) in [7, 11) is 0. The van der Waals surface area contributed by atoms with Crippen molar-refractivity contribution in [2.24, 2.45) is 0 Å². The third-order valence-corrected chi connectivity index (χ3v) is 3.31. The molecule has 21 heavy (non-hydrogen) atoms. The Bertz CT molecular complexity index is 776. The summed E-state index contributed by atoms with van der Waals surface area (Å²) in [6, 6.07) is 6.02. The SMILES string of the molecule is c1cc(-c2ncc[nH]2)c(-c2ncc[nH]2)c(-c2ncc[nH]2)c1. The highest BCUT2D eigenvalue weighted by Gasteiger charge is 2.17. The highest BCUT2D eigenvalue weighted by molar-refractivity contribution is 5.88. The molecule has 0 fully saturated rings. The number of aromatic nitrogens is 6. The van der Waals surface area contributed by atoms with Gasteiger partial charge in [-0.1, -0.05) is 18.2 Å². The predicted octanol–water partition coefficient (Wildman–Crippen LogP) is 2.86. The smallest absolute Gasteiger partial charge is 0.138 e. The van der Waals surface area contributed by atoms with Crippen LogP contribution in [0.1, 0.15) is 0 Å². The van der Waals surface area contributed by atoms with Crippen LogP contribution in [-0.2, 0) is 0 Å². The van der Waals surface area contributed by atoms with Gasteiger partial charge in [-0.15, -0.1) is 0 Å². The first-order chi connectivity index (χ1) is 10.4. The maximum absolute atomic E-state index is 4.39. The van der Waals surface area contributed by atoms with Crippen LogP contribution in [-0.4, -0.2) is 29.9 Å². The van der Waals surface area contributed by atoms with Crippen molar-refractivity contribution in [1.29, 1.82) is 0 Å². The summed E-state index contributed by atoms with van der Waals surface area (Å²) < 4.78 is 0. The van der Waals surface area contributed by atoms with Gasteiger partial charge in [0.2, 0.25) is 0 Å². The van der Waals surface area contributed by atoms with Gasteiger partial charge in [0.1, 0.15) is 17.5 Å². The van der Waals surface area contributed by atoms with Crippen LogP contribution in [0.15, 0.2) is 55.4 Å². The molecule has 0 bridgehead atoms. The average molecular weight is 276 g/mol. The van der Waals surface area contributed by atoms with Crippen molar-refractivity contribution in [1.82, 2.24) is 29.9 Å². The minimum absolute atomic E-state index is 0.786. The second-order valence-corrected chi connectivity index (χ2v) is 4.54. The highest BCUT2D eigenvalue weighted by Crippen LogP contribution is 2.35. The van der Waals surface area contributed by atoms with Gasteiger partial charge in [-0.25, -0.2) is 15.0 Å². The predicted molar refractivity (Wildman–Crippen MR) is 79.2 cm³/mol. The van der Waals surface area contributed by atoms with Crippen LogP contribution in [0.5, 0.6) is 0 Å². The van der Waals surface area contributed by atoms with Crippen molar-refractivity contribution in [2.45, 2.75) is 0 Å². The lowest BCUT2D eigenvalue weighted by Gasteiger charge is -2.10. The lowest BCUT2D eigenvalue weighted by molar-refractivity contribution is 1.25. The zero-order valence-electron chi connectivity index (χ0n) is 11.0. The van der Waals surface area contributed by atoms with Gasteiger partial charge in [-0.3, -0.25) is 0 Å². The van der Waals surface area contributed by atoms with E-state index in [1.165, 1.54) is 0 Å². The van der Waals surface area contributed by atoms with E-state index in [2.05, 4.69) is 29.9 Å². The van der Waals surface area contributed by atoms with Gasteiger partial charge in [0.25, 0.3) is 0 Å². The van der Waals surface area contributed by atoms with Crippen molar-refractivity contribution in [2.75, 3.05) is 0 Å². The average Bonchev–Trinajstić information content (AvgIpc) is 3.28. The molecule has 0 saturated carbocycles. The summed E-state index contributed by atoms with van der Waals surface area (Å²) in [4.78, 5) is 22.5. The molecule has 0 radical (unpaired) electrons. The molecule has 0 atom stereocenters. The molecule has 0 aliphatic carbocycles. The van der Waals surface area contributed by atoms with Gasteiger partial charge in [0.05, 0.1) is 0 Å². The van der Waals surface area contributed by atoms with Crippen molar-refractivity contribution in [3.63, 3.8) is 0 Å². The fraction of sp³-hybridized carbons (Fsp3) is 0. The lowest BCUT2D eigenvalue weighted by atomic mass is 9.99. The normalized spacial score (nSPS) is 10.9. The fourth-order valence-corrected chi connectivity index (χ4v) is 2.43. The first-order valence-corrected chi connectivity index (χ1v) is 6.56. The van der Waals surface area contributed by atoms with Crippen LogP contribution < -0.4 is 0 Å². The summed E-state index contributed by atoms with van der Waals surface area (Å²) >= 11 is 0. The Morgan fingerprint density at radius 1 is 0.619 bits per heavy atom. The lowest BCUT2D eigenvalue weighted by Crippen LogP contribution is -1.94. The molecule has 4 aromatic rings.